The van der Waals surface area contributed by atoms with Crippen LogP contribution in [-0.4, -0.2) is 35.7 Å². The molecule has 3 rings (SSSR count). The van der Waals surface area contributed by atoms with E-state index in [-0.39, 0.29) is 0 Å². The maximum atomic E-state index is 6.07. The number of imidazole rings is 1. The monoisotopic (exact) mass is 359 g/mol. The molecule has 6 heteroatoms. The van der Waals surface area contributed by atoms with E-state index in [9.17, 15) is 0 Å². The number of fused-ring (bicyclic) bond motifs is 1. The fourth-order valence-corrected chi connectivity index (χ4v) is 3.20. The zero-order valence-corrected chi connectivity index (χ0v) is 15.7. The molecule has 0 amide bonds. The highest BCUT2D eigenvalue weighted by Gasteiger charge is 2.14. The summed E-state index contributed by atoms with van der Waals surface area (Å²) in [6.07, 6.45) is 0. The third-order valence-electron chi connectivity index (χ3n) is 4.27. The van der Waals surface area contributed by atoms with Crippen LogP contribution in [0, 0.1) is 0 Å². The summed E-state index contributed by atoms with van der Waals surface area (Å²) in [5.74, 6) is 2.50. The standard InChI is InChI=1S/C19H22ClN3O2/c1-22(11-13-6-5-7-17(24-3)19(13)25-4)12-18-21-15-10-14(20)8-9-16(15)23(18)2/h5-10H,11-12H2,1-4H3. The van der Waals surface area contributed by atoms with Crippen molar-refractivity contribution in [2.75, 3.05) is 21.3 Å². The summed E-state index contributed by atoms with van der Waals surface area (Å²) in [6, 6.07) is 11.7. The molecule has 25 heavy (non-hydrogen) atoms. The van der Waals surface area contributed by atoms with Gasteiger partial charge in [0.05, 0.1) is 31.8 Å². The maximum Gasteiger partial charge on any atom is 0.165 e. The molecule has 1 aromatic heterocycles. The second-order valence-corrected chi connectivity index (χ2v) is 6.48. The van der Waals surface area contributed by atoms with E-state index in [4.69, 9.17) is 26.1 Å². The van der Waals surface area contributed by atoms with Crippen molar-refractivity contribution >= 4 is 22.6 Å². The number of rotatable bonds is 6. The summed E-state index contributed by atoms with van der Waals surface area (Å²) >= 11 is 6.07. The van der Waals surface area contributed by atoms with E-state index in [2.05, 4.69) is 16.5 Å². The summed E-state index contributed by atoms with van der Waals surface area (Å²) < 4.78 is 13.0. The van der Waals surface area contributed by atoms with Gasteiger partial charge in [-0.2, -0.15) is 0 Å². The Labute approximate surface area is 152 Å². The first-order chi connectivity index (χ1) is 12.0. The van der Waals surface area contributed by atoms with Crippen LogP contribution in [0.25, 0.3) is 11.0 Å². The van der Waals surface area contributed by atoms with Crippen molar-refractivity contribution in [1.82, 2.24) is 14.5 Å². The molecule has 0 N–H and O–H groups in total. The summed E-state index contributed by atoms with van der Waals surface area (Å²) in [4.78, 5) is 6.91. The van der Waals surface area contributed by atoms with Gasteiger partial charge in [0.1, 0.15) is 5.82 Å². The van der Waals surface area contributed by atoms with Gasteiger partial charge in [-0.3, -0.25) is 4.90 Å². The number of aryl methyl sites for hydroxylation is 1. The first-order valence-corrected chi connectivity index (χ1v) is 8.40. The molecule has 0 aliphatic carbocycles. The predicted octanol–water partition coefficient (Wildman–Crippen LogP) is 3.88. The van der Waals surface area contributed by atoms with Crippen LogP contribution >= 0.6 is 11.6 Å². The Balaban J connectivity index is 1.82. The van der Waals surface area contributed by atoms with Crippen molar-refractivity contribution in [2.24, 2.45) is 7.05 Å². The van der Waals surface area contributed by atoms with Gasteiger partial charge in [0, 0.05) is 24.2 Å². The average Bonchev–Trinajstić information content (AvgIpc) is 2.89. The summed E-state index contributed by atoms with van der Waals surface area (Å²) in [5.41, 5.74) is 3.07. The average molecular weight is 360 g/mol. The first-order valence-electron chi connectivity index (χ1n) is 8.02. The molecule has 0 atom stereocenters. The quantitative estimate of drug-likeness (QED) is 0.669. The van der Waals surface area contributed by atoms with Gasteiger partial charge in [-0.05, 0) is 31.3 Å². The van der Waals surface area contributed by atoms with Gasteiger partial charge in [0.15, 0.2) is 11.5 Å². The molecule has 0 aliphatic rings. The topological polar surface area (TPSA) is 39.5 Å². The lowest BCUT2D eigenvalue weighted by Gasteiger charge is -2.19. The van der Waals surface area contributed by atoms with Crippen LogP contribution < -0.4 is 9.47 Å². The van der Waals surface area contributed by atoms with Crippen LogP contribution in [0.5, 0.6) is 11.5 Å². The largest absolute Gasteiger partial charge is 0.493 e. The fraction of sp³-hybridized carbons (Fsp3) is 0.316. The SMILES string of the molecule is COc1cccc(CN(C)Cc2nc3cc(Cl)ccc3n2C)c1OC. The number of nitrogens with zero attached hydrogens (tertiary/aromatic N) is 3. The fourth-order valence-electron chi connectivity index (χ4n) is 3.03. The van der Waals surface area contributed by atoms with Gasteiger partial charge in [-0.25, -0.2) is 4.98 Å². The number of hydrogen-bond acceptors (Lipinski definition) is 4. The van der Waals surface area contributed by atoms with Gasteiger partial charge in [-0.15, -0.1) is 0 Å². The molecular formula is C19H22ClN3O2. The van der Waals surface area contributed by atoms with Gasteiger partial charge < -0.3 is 14.0 Å². The number of ether oxygens (including phenoxy) is 2. The van der Waals surface area contributed by atoms with Gasteiger partial charge in [0.25, 0.3) is 0 Å². The van der Waals surface area contributed by atoms with Crippen molar-refractivity contribution in [3.8, 4) is 11.5 Å². The molecule has 0 aliphatic heterocycles. The molecule has 0 bridgehead atoms. The van der Waals surface area contributed by atoms with E-state index in [1.165, 1.54) is 0 Å². The molecule has 0 saturated heterocycles. The molecule has 3 aromatic rings. The van der Waals surface area contributed by atoms with E-state index < -0.39 is 0 Å². The van der Waals surface area contributed by atoms with Crippen molar-refractivity contribution in [3.63, 3.8) is 0 Å². The Bertz CT molecular complexity index is 892. The maximum absolute atomic E-state index is 6.07. The Morgan fingerprint density at radius 3 is 2.64 bits per heavy atom. The predicted molar refractivity (Wildman–Crippen MR) is 100 cm³/mol. The summed E-state index contributed by atoms with van der Waals surface area (Å²) in [7, 11) is 7.40. The van der Waals surface area contributed by atoms with Gasteiger partial charge >= 0.3 is 0 Å². The number of methoxy groups -OCH3 is 2. The van der Waals surface area contributed by atoms with Crippen molar-refractivity contribution in [1.29, 1.82) is 0 Å². The molecule has 0 radical (unpaired) electrons. The second kappa shape index (κ2) is 7.33. The number of benzene rings is 2. The van der Waals surface area contributed by atoms with Gasteiger partial charge in [-0.1, -0.05) is 23.7 Å². The van der Waals surface area contributed by atoms with Crippen LogP contribution in [0.3, 0.4) is 0 Å². The highest BCUT2D eigenvalue weighted by molar-refractivity contribution is 6.31. The van der Waals surface area contributed by atoms with Crippen molar-refractivity contribution in [2.45, 2.75) is 13.1 Å². The molecule has 0 unspecified atom stereocenters. The lowest BCUT2D eigenvalue weighted by molar-refractivity contribution is 0.295. The molecule has 1 heterocycles. The van der Waals surface area contributed by atoms with Crippen LogP contribution in [-0.2, 0) is 20.1 Å². The second-order valence-electron chi connectivity index (χ2n) is 6.05. The minimum absolute atomic E-state index is 0.701. The molecule has 0 fully saturated rings. The molecule has 2 aromatic carbocycles. The van der Waals surface area contributed by atoms with Gasteiger partial charge in [0.2, 0.25) is 0 Å². The van der Waals surface area contributed by atoms with E-state index in [0.29, 0.717) is 11.6 Å². The minimum atomic E-state index is 0.701. The van der Waals surface area contributed by atoms with E-state index in [0.717, 1.165) is 40.5 Å². The Kier molecular flexibility index (Phi) is 5.16. The Morgan fingerprint density at radius 1 is 1.12 bits per heavy atom. The van der Waals surface area contributed by atoms with Crippen molar-refractivity contribution < 1.29 is 9.47 Å². The smallest absolute Gasteiger partial charge is 0.165 e. The Hall–Kier alpha value is -2.24. The molecule has 0 saturated carbocycles. The third kappa shape index (κ3) is 3.57. The highest BCUT2D eigenvalue weighted by Crippen LogP contribution is 2.31. The zero-order chi connectivity index (χ0) is 18.0. The Morgan fingerprint density at radius 2 is 1.92 bits per heavy atom. The first kappa shape index (κ1) is 17.6. The van der Waals surface area contributed by atoms with E-state index >= 15 is 0 Å². The van der Waals surface area contributed by atoms with Crippen molar-refractivity contribution in [3.05, 3.63) is 52.8 Å². The van der Waals surface area contributed by atoms with Crippen LogP contribution in [0.1, 0.15) is 11.4 Å². The lowest BCUT2D eigenvalue weighted by atomic mass is 10.1. The zero-order valence-electron chi connectivity index (χ0n) is 14.9. The molecular weight excluding hydrogens is 338 g/mol. The molecule has 132 valence electrons. The minimum Gasteiger partial charge on any atom is -0.493 e. The third-order valence-corrected chi connectivity index (χ3v) is 4.51. The normalized spacial score (nSPS) is 11.3. The highest BCUT2D eigenvalue weighted by atomic mass is 35.5. The van der Waals surface area contributed by atoms with Crippen LogP contribution in [0.15, 0.2) is 36.4 Å². The summed E-state index contributed by atoms with van der Waals surface area (Å²) in [6.45, 7) is 1.44. The van der Waals surface area contributed by atoms with Crippen LogP contribution in [0.2, 0.25) is 5.02 Å². The molecule has 0 spiro atoms. The van der Waals surface area contributed by atoms with Crippen LogP contribution in [0.4, 0.5) is 0 Å². The molecule has 5 nitrogen and oxygen atoms in total. The number of hydrogen-bond donors (Lipinski definition) is 0. The van der Waals surface area contributed by atoms with E-state index in [1.54, 1.807) is 14.2 Å². The number of halogens is 1. The number of aromatic nitrogens is 2. The van der Waals surface area contributed by atoms with E-state index in [1.807, 2.05) is 43.4 Å². The lowest BCUT2D eigenvalue weighted by Crippen LogP contribution is -2.20. The number of para-hydroxylation sites is 1. The summed E-state index contributed by atoms with van der Waals surface area (Å²) in [5, 5.41) is 0.701.